The first kappa shape index (κ1) is 27.2. The van der Waals surface area contributed by atoms with E-state index in [2.05, 4.69) is 40.1 Å². The Labute approximate surface area is 215 Å². The number of benzene rings is 1. The first-order chi connectivity index (χ1) is 15.6. The summed E-state index contributed by atoms with van der Waals surface area (Å²) in [7, 11) is 0. The van der Waals surface area contributed by atoms with Crippen LogP contribution in [0.4, 0.5) is 0 Å². The van der Waals surface area contributed by atoms with Gasteiger partial charge in [0.1, 0.15) is 18.1 Å². The van der Waals surface area contributed by atoms with Crippen LogP contribution >= 0.6 is 24.0 Å². The summed E-state index contributed by atoms with van der Waals surface area (Å²) in [6.07, 6.45) is 4.07. The number of aliphatic imine (C=N–C) groups is 1. The number of piperidine rings is 1. The third-order valence-corrected chi connectivity index (χ3v) is 5.78. The predicted octanol–water partition coefficient (Wildman–Crippen LogP) is 4.44. The molecule has 0 aliphatic carbocycles. The molecule has 2 N–H and O–H groups in total. The molecule has 2 aromatic rings. The van der Waals surface area contributed by atoms with E-state index in [1.807, 2.05) is 32.0 Å². The number of aromatic nitrogens is 1. The van der Waals surface area contributed by atoms with E-state index in [0.717, 1.165) is 80.2 Å². The Bertz CT molecular complexity index is 871. The number of guanidine groups is 1. The molecule has 33 heavy (non-hydrogen) atoms. The Balaban J connectivity index is 0.00000385. The van der Waals surface area contributed by atoms with Crippen LogP contribution in [0.2, 0.25) is 0 Å². The number of nitrogens with zero attached hydrogens (tertiary/aromatic N) is 3. The summed E-state index contributed by atoms with van der Waals surface area (Å²) in [6.45, 7) is 15.5. The number of ether oxygens (including phenoxy) is 1. The van der Waals surface area contributed by atoms with Crippen molar-refractivity contribution in [3.05, 3.63) is 59.8 Å². The van der Waals surface area contributed by atoms with Crippen molar-refractivity contribution in [2.75, 3.05) is 32.8 Å². The van der Waals surface area contributed by atoms with E-state index in [9.17, 15) is 0 Å². The van der Waals surface area contributed by atoms with Gasteiger partial charge in [0.05, 0.1) is 18.8 Å². The van der Waals surface area contributed by atoms with E-state index in [0.29, 0.717) is 19.1 Å². The van der Waals surface area contributed by atoms with Crippen LogP contribution in [0.25, 0.3) is 0 Å². The molecule has 0 atom stereocenters. The highest BCUT2D eigenvalue weighted by molar-refractivity contribution is 14.0. The second kappa shape index (κ2) is 14.2. The van der Waals surface area contributed by atoms with E-state index >= 15 is 0 Å². The normalized spacial score (nSPS) is 15.1. The highest BCUT2D eigenvalue weighted by atomic mass is 127. The van der Waals surface area contributed by atoms with E-state index in [4.69, 9.17) is 14.1 Å². The highest BCUT2D eigenvalue weighted by Crippen LogP contribution is 2.20. The molecule has 3 rings (SSSR count). The number of hydrogen-bond acceptors (Lipinski definition) is 5. The molecule has 8 heteroatoms. The van der Waals surface area contributed by atoms with Gasteiger partial charge >= 0.3 is 0 Å². The first-order valence-corrected chi connectivity index (χ1v) is 11.6. The summed E-state index contributed by atoms with van der Waals surface area (Å²) in [5.74, 6) is 4.08. The molecule has 7 nitrogen and oxygen atoms in total. The Kier molecular flexibility index (Phi) is 11.7. The minimum absolute atomic E-state index is 0. The predicted molar refractivity (Wildman–Crippen MR) is 144 cm³/mol. The number of nitrogens with one attached hydrogen (secondary N) is 2. The second-order valence-electron chi connectivity index (χ2n) is 8.25. The van der Waals surface area contributed by atoms with Gasteiger partial charge in [0.2, 0.25) is 5.89 Å². The maximum atomic E-state index is 5.75. The molecule has 1 aromatic heterocycles. The van der Waals surface area contributed by atoms with Gasteiger partial charge < -0.3 is 19.8 Å². The SMILES string of the molecule is C=CCOc1ccccc1CN=C(NCC)NCC1CCN(Cc2nc(C)c(C)o2)CC1.I. The molecule has 1 fully saturated rings. The maximum Gasteiger partial charge on any atom is 0.208 e. The van der Waals surface area contributed by atoms with Crippen molar-refractivity contribution >= 4 is 29.9 Å². The van der Waals surface area contributed by atoms with Crippen molar-refractivity contribution in [1.29, 1.82) is 0 Å². The lowest BCUT2D eigenvalue weighted by molar-refractivity contribution is 0.164. The van der Waals surface area contributed by atoms with Gasteiger partial charge in [0, 0.05) is 18.7 Å². The zero-order valence-corrected chi connectivity index (χ0v) is 22.4. The van der Waals surface area contributed by atoms with Crippen LogP contribution in [0.5, 0.6) is 5.75 Å². The van der Waals surface area contributed by atoms with Crippen molar-refractivity contribution in [3.8, 4) is 5.75 Å². The summed E-state index contributed by atoms with van der Waals surface area (Å²) in [6, 6.07) is 8.02. The fourth-order valence-electron chi connectivity index (χ4n) is 3.82. The molecule has 0 unspecified atom stereocenters. The van der Waals surface area contributed by atoms with E-state index in [-0.39, 0.29) is 24.0 Å². The van der Waals surface area contributed by atoms with Gasteiger partial charge in [-0.05, 0) is 58.7 Å². The maximum absolute atomic E-state index is 5.75. The van der Waals surface area contributed by atoms with Gasteiger partial charge in [-0.3, -0.25) is 4.90 Å². The van der Waals surface area contributed by atoms with Crippen LogP contribution in [0.15, 0.2) is 46.3 Å². The Morgan fingerprint density at radius 3 is 2.70 bits per heavy atom. The first-order valence-electron chi connectivity index (χ1n) is 11.6. The molecule has 0 spiro atoms. The number of likely N-dealkylation sites (tertiary alicyclic amines) is 1. The molecule has 0 radical (unpaired) electrons. The number of halogens is 1. The average Bonchev–Trinajstić information content (AvgIpc) is 3.12. The molecule has 0 bridgehead atoms. The lowest BCUT2D eigenvalue weighted by Gasteiger charge is -2.31. The number of oxazole rings is 1. The van der Waals surface area contributed by atoms with Crippen molar-refractivity contribution in [1.82, 2.24) is 20.5 Å². The fourth-order valence-corrected chi connectivity index (χ4v) is 3.82. The van der Waals surface area contributed by atoms with Crippen molar-refractivity contribution in [3.63, 3.8) is 0 Å². The number of hydrogen-bond donors (Lipinski definition) is 2. The van der Waals surface area contributed by atoms with Gasteiger partial charge in [0.25, 0.3) is 0 Å². The summed E-state index contributed by atoms with van der Waals surface area (Å²) in [5.41, 5.74) is 2.06. The van der Waals surface area contributed by atoms with E-state index < -0.39 is 0 Å². The second-order valence-corrected chi connectivity index (χ2v) is 8.25. The molecular weight excluding hydrogens is 529 g/mol. The molecule has 182 valence electrons. The topological polar surface area (TPSA) is 74.9 Å². The summed E-state index contributed by atoms with van der Waals surface area (Å²) in [4.78, 5) is 11.7. The average molecular weight is 568 g/mol. The summed E-state index contributed by atoms with van der Waals surface area (Å²) in [5, 5.41) is 6.89. The quantitative estimate of drug-likeness (QED) is 0.192. The molecule has 0 amide bonds. The van der Waals surface area contributed by atoms with E-state index in [1.54, 1.807) is 6.08 Å². The lowest BCUT2D eigenvalue weighted by Crippen LogP contribution is -2.42. The molecule has 1 aliphatic rings. The third kappa shape index (κ3) is 8.66. The fraction of sp³-hybridized carbons (Fsp3) is 0.520. The molecule has 1 aromatic carbocycles. The van der Waals surface area contributed by atoms with Gasteiger partial charge in [-0.1, -0.05) is 30.9 Å². The largest absolute Gasteiger partial charge is 0.489 e. The van der Waals surface area contributed by atoms with Crippen molar-refractivity contribution < 1.29 is 9.15 Å². The number of rotatable bonds is 10. The van der Waals surface area contributed by atoms with Crippen LogP contribution in [-0.4, -0.2) is 48.6 Å². The minimum atomic E-state index is 0. The van der Waals surface area contributed by atoms with Crippen LogP contribution in [0.3, 0.4) is 0 Å². The smallest absolute Gasteiger partial charge is 0.208 e. The molecule has 0 saturated carbocycles. The Morgan fingerprint density at radius 2 is 2.03 bits per heavy atom. The van der Waals surface area contributed by atoms with Gasteiger partial charge in [-0.15, -0.1) is 24.0 Å². The minimum Gasteiger partial charge on any atom is -0.489 e. The van der Waals surface area contributed by atoms with Gasteiger partial charge in [-0.2, -0.15) is 0 Å². The molecule has 2 heterocycles. The van der Waals surface area contributed by atoms with Crippen LogP contribution in [0, 0.1) is 19.8 Å². The van der Waals surface area contributed by atoms with Crippen LogP contribution < -0.4 is 15.4 Å². The highest BCUT2D eigenvalue weighted by Gasteiger charge is 2.21. The summed E-state index contributed by atoms with van der Waals surface area (Å²) < 4.78 is 11.5. The van der Waals surface area contributed by atoms with Crippen LogP contribution in [-0.2, 0) is 13.1 Å². The zero-order chi connectivity index (χ0) is 22.8. The standard InChI is InChI=1S/C25H37N5O2.HI/c1-5-15-31-23-10-8-7-9-22(23)17-28-25(26-6-2)27-16-21-11-13-30(14-12-21)18-24-29-19(3)20(4)32-24;/h5,7-10,21H,1,6,11-18H2,2-4H3,(H2,26,27,28);1H. The Morgan fingerprint density at radius 1 is 1.27 bits per heavy atom. The third-order valence-electron chi connectivity index (χ3n) is 5.78. The molecule has 1 aliphatic heterocycles. The lowest BCUT2D eigenvalue weighted by atomic mass is 9.97. The van der Waals surface area contributed by atoms with Gasteiger partial charge in [-0.25, -0.2) is 9.98 Å². The zero-order valence-electron chi connectivity index (χ0n) is 20.1. The van der Waals surface area contributed by atoms with Gasteiger partial charge in [0.15, 0.2) is 5.96 Å². The van der Waals surface area contributed by atoms with Crippen molar-refractivity contribution in [2.24, 2.45) is 10.9 Å². The number of aryl methyl sites for hydroxylation is 2. The van der Waals surface area contributed by atoms with Crippen LogP contribution in [0.1, 0.15) is 42.7 Å². The van der Waals surface area contributed by atoms with Crippen molar-refractivity contribution in [2.45, 2.75) is 46.7 Å². The van der Waals surface area contributed by atoms with E-state index in [1.165, 1.54) is 0 Å². The molecular formula is C25H38IN5O2. The monoisotopic (exact) mass is 567 g/mol. The Hall–Kier alpha value is -2.07. The summed E-state index contributed by atoms with van der Waals surface area (Å²) >= 11 is 0. The molecule has 1 saturated heterocycles. The number of para-hydroxylation sites is 1.